The Balaban J connectivity index is 0.00000600. The Morgan fingerprint density at radius 1 is 0.540 bits per heavy atom. The number of aromatic carboxylic acids is 2. The van der Waals surface area contributed by atoms with E-state index in [1.165, 1.54) is 38.1 Å². The van der Waals surface area contributed by atoms with Gasteiger partial charge in [-0.3, -0.25) is 9.11 Å². The molecular formula is C28H18N4Na4O12S2. The maximum atomic E-state index is 12.3. The summed E-state index contributed by atoms with van der Waals surface area (Å²) in [6.45, 7) is 2.66. The number of nitrogens with zero attached hydrogens (tertiary/aromatic N) is 4. The summed E-state index contributed by atoms with van der Waals surface area (Å²) in [7, 11) is -10.2. The average Bonchev–Trinajstić information content (AvgIpc) is 2.96. The molecule has 16 nitrogen and oxygen atoms in total. The summed E-state index contributed by atoms with van der Waals surface area (Å²) in [4.78, 5) is 20.7. The van der Waals surface area contributed by atoms with E-state index < -0.39 is 75.7 Å². The van der Waals surface area contributed by atoms with Crippen molar-refractivity contribution in [2.24, 2.45) is 20.5 Å². The van der Waals surface area contributed by atoms with E-state index in [0.29, 0.717) is 0 Å². The van der Waals surface area contributed by atoms with Gasteiger partial charge < -0.3 is 30.0 Å². The van der Waals surface area contributed by atoms with Crippen LogP contribution in [0.5, 0.6) is 11.5 Å². The predicted octanol–water partition coefficient (Wildman–Crippen LogP) is -9.82. The molecule has 0 aromatic heterocycles. The van der Waals surface area contributed by atoms with E-state index in [2.05, 4.69) is 20.5 Å². The average molecular weight is 759 g/mol. The number of azo groups is 2. The van der Waals surface area contributed by atoms with Crippen molar-refractivity contribution in [2.45, 2.75) is 23.6 Å². The Hall–Kier alpha value is -1.56. The Morgan fingerprint density at radius 2 is 0.840 bits per heavy atom. The zero-order chi connectivity index (χ0) is 34.1. The van der Waals surface area contributed by atoms with Gasteiger partial charge in [0.25, 0.3) is 20.2 Å². The Morgan fingerprint density at radius 3 is 1.12 bits per heavy atom. The fraction of sp³-hybridized carbons (Fsp3) is 0.0714. The third-order valence-corrected chi connectivity index (χ3v) is 8.08. The molecule has 50 heavy (non-hydrogen) atoms. The molecule has 0 saturated carbocycles. The van der Waals surface area contributed by atoms with Crippen molar-refractivity contribution in [1.82, 2.24) is 0 Å². The first-order valence-corrected chi connectivity index (χ1v) is 15.4. The van der Waals surface area contributed by atoms with Crippen LogP contribution >= 0.6 is 0 Å². The van der Waals surface area contributed by atoms with Crippen molar-refractivity contribution < 1.29 is 174 Å². The summed E-state index contributed by atoms with van der Waals surface area (Å²) in [6, 6.07) is 10.3. The largest absolute Gasteiger partial charge is 1.00 e. The van der Waals surface area contributed by atoms with Crippen LogP contribution in [0.4, 0.5) is 22.7 Å². The van der Waals surface area contributed by atoms with Gasteiger partial charge in [-0.05, 0) is 73.5 Å². The SMILES string of the molecule is Cc1cc(N=Nc2ccc(-c3ccc(N=Nc4cc(C)c([O-])c(C(=O)[O-])c4)cc3S(=O)(=O)O)c(S(=O)(=O)O)c2)cc(C(=O)[O-])c1[O-].[Na+].[Na+].[Na+].[Na+]. The van der Waals surface area contributed by atoms with Crippen molar-refractivity contribution in [1.29, 1.82) is 0 Å². The van der Waals surface area contributed by atoms with Crippen LogP contribution in [0.3, 0.4) is 0 Å². The number of aryl methyl sites for hydroxylation is 2. The molecule has 0 heterocycles. The van der Waals surface area contributed by atoms with Crippen LogP contribution in [0.15, 0.2) is 90.9 Å². The Bertz CT molecular complexity index is 2080. The molecule has 0 fully saturated rings. The summed E-state index contributed by atoms with van der Waals surface area (Å²) in [6.07, 6.45) is 0. The summed E-state index contributed by atoms with van der Waals surface area (Å²) >= 11 is 0. The van der Waals surface area contributed by atoms with E-state index in [9.17, 15) is 56.0 Å². The topological polar surface area (TPSA) is 285 Å². The second-order valence-corrected chi connectivity index (χ2v) is 12.3. The van der Waals surface area contributed by atoms with Gasteiger partial charge in [-0.1, -0.05) is 34.8 Å². The monoisotopic (exact) mass is 758 g/mol. The first-order valence-electron chi connectivity index (χ1n) is 12.5. The number of carbonyl (C=O) groups excluding carboxylic acids is 2. The number of carboxylic acids is 2. The second kappa shape index (κ2) is 19.5. The van der Waals surface area contributed by atoms with E-state index in [0.717, 1.165) is 36.4 Å². The number of benzene rings is 4. The minimum absolute atomic E-state index is 0. The molecule has 2 N–H and O–H groups in total. The minimum atomic E-state index is -5.08. The molecule has 0 unspecified atom stereocenters. The number of carboxylic acid groups (broad SMARTS) is 2. The van der Waals surface area contributed by atoms with E-state index >= 15 is 0 Å². The van der Waals surface area contributed by atoms with Crippen LogP contribution in [-0.2, 0) is 20.2 Å². The number of hydrogen-bond acceptors (Lipinski definition) is 14. The standard InChI is InChI=1S/C28H22N4O12S2.4Na/c1-13-7-17(9-21(25(13)33)27(35)36)31-29-15-3-5-19(23(11-15)45(39,40)41)20-6-4-16(12-24(20)46(42,43)44)30-32-18-8-14(2)26(34)22(10-18)28(37)38;;;;/h3-12,33-34H,1-2H3,(H,35,36)(H,37,38)(H,39,40,41)(H,42,43,44);;;;/q;4*+1/p-4. The summed E-state index contributed by atoms with van der Waals surface area (Å²) in [5.41, 5.74) is -2.72. The van der Waals surface area contributed by atoms with Gasteiger partial charge in [-0.15, -0.1) is 0 Å². The maximum Gasteiger partial charge on any atom is 1.00 e. The van der Waals surface area contributed by atoms with Gasteiger partial charge in [-0.2, -0.15) is 37.3 Å². The molecule has 22 heteroatoms. The Kier molecular flexibility index (Phi) is 18.9. The molecule has 0 aliphatic carbocycles. The van der Waals surface area contributed by atoms with Crippen molar-refractivity contribution >= 4 is 54.9 Å². The molecule has 4 aromatic carbocycles. The molecule has 0 aliphatic heterocycles. The van der Waals surface area contributed by atoms with Gasteiger partial charge in [0.05, 0.1) is 34.7 Å². The molecule has 0 amide bonds. The number of carbonyl (C=O) groups is 2. The molecule has 0 bridgehead atoms. The molecule has 0 aliphatic rings. The van der Waals surface area contributed by atoms with Crippen LogP contribution in [0.1, 0.15) is 31.8 Å². The Labute approximate surface area is 373 Å². The van der Waals surface area contributed by atoms with Crippen LogP contribution in [0.2, 0.25) is 0 Å². The number of rotatable bonds is 9. The van der Waals surface area contributed by atoms with E-state index in [1.54, 1.807) is 0 Å². The fourth-order valence-corrected chi connectivity index (χ4v) is 5.63. The van der Waals surface area contributed by atoms with Gasteiger partial charge in [-0.25, -0.2) is 0 Å². The van der Waals surface area contributed by atoms with E-state index in [1.807, 2.05) is 0 Å². The number of hydrogen-bond donors (Lipinski definition) is 2. The normalized spacial score (nSPS) is 11.2. The second-order valence-electron chi connectivity index (χ2n) is 9.56. The molecule has 0 saturated heterocycles. The summed E-state index contributed by atoms with van der Waals surface area (Å²) < 4.78 is 69.2. The molecule has 238 valence electrons. The van der Waals surface area contributed by atoms with Gasteiger partial charge in [0.1, 0.15) is 9.79 Å². The van der Waals surface area contributed by atoms with Crippen molar-refractivity contribution in [3.63, 3.8) is 0 Å². The van der Waals surface area contributed by atoms with Crippen LogP contribution in [-0.4, -0.2) is 37.9 Å². The molecule has 0 spiro atoms. The molecule has 4 aromatic rings. The first kappa shape index (κ1) is 48.4. The van der Waals surface area contributed by atoms with Gasteiger partial charge in [0.15, 0.2) is 0 Å². The molecule has 0 atom stereocenters. The summed E-state index contributed by atoms with van der Waals surface area (Å²) in [5, 5.41) is 61.5. The van der Waals surface area contributed by atoms with Crippen LogP contribution < -0.4 is 139 Å². The molecule has 4 rings (SSSR count). The maximum absolute atomic E-state index is 12.3. The van der Waals surface area contributed by atoms with E-state index in [4.69, 9.17) is 0 Å². The quantitative estimate of drug-likeness (QED) is 0.0915. The molecule has 0 radical (unpaired) electrons. The van der Waals surface area contributed by atoms with Crippen LogP contribution in [0.25, 0.3) is 11.1 Å². The van der Waals surface area contributed by atoms with Crippen molar-refractivity contribution in [3.05, 3.63) is 82.9 Å². The van der Waals surface area contributed by atoms with Gasteiger partial charge in [0, 0.05) is 11.1 Å². The van der Waals surface area contributed by atoms with Crippen molar-refractivity contribution in [3.8, 4) is 22.6 Å². The first-order chi connectivity index (χ1) is 21.4. The minimum Gasteiger partial charge on any atom is -0.872 e. The third-order valence-electron chi connectivity index (χ3n) is 6.30. The van der Waals surface area contributed by atoms with Crippen molar-refractivity contribution in [2.75, 3.05) is 0 Å². The third kappa shape index (κ3) is 11.7. The zero-order valence-corrected chi connectivity index (χ0v) is 37.0. The molecular weight excluding hydrogens is 740 g/mol. The smallest absolute Gasteiger partial charge is 0.872 e. The van der Waals surface area contributed by atoms with Gasteiger partial charge >= 0.3 is 118 Å². The van der Waals surface area contributed by atoms with E-state index in [-0.39, 0.29) is 152 Å². The van der Waals surface area contributed by atoms with Gasteiger partial charge in [0.2, 0.25) is 0 Å². The zero-order valence-electron chi connectivity index (χ0n) is 27.4. The fourth-order valence-electron chi connectivity index (χ4n) is 4.18. The predicted molar refractivity (Wildman–Crippen MR) is 150 cm³/mol. The van der Waals surface area contributed by atoms with Crippen LogP contribution in [0, 0.1) is 13.8 Å². The summed E-state index contributed by atoms with van der Waals surface area (Å²) in [5.74, 6) is -5.08.